The Hall–Kier alpha value is -1.51. The van der Waals surface area contributed by atoms with Crippen LogP contribution in [0.3, 0.4) is 0 Å². The highest BCUT2D eigenvalue weighted by atomic mass is 35.5. The van der Waals surface area contributed by atoms with Crippen LogP contribution in [0.25, 0.3) is 11.1 Å². The van der Waals surface area contributed by atoms with E-state index < -0.39 is 0 Å². The molecule has 0 fully saturated rings. The summed E-state index contributed by atoms with van der Waals surface area (Å²) in [5.74, 6) is 0.221. The molecule has 0 atom stereocenters. The fraction of sp³-hybridized carbons (Fsp3) is 0.0769. The number of phenolic OH excluding ortho intramolecular Hbond substituents is 1. The van der Waals surface area contributed by atoms with Gasteiger partial charge in [-0.25, -0.2) is 0 Å². The second-order valence-electron chi connectivity index (χ2n) is 3.53. The van der Waals surface area contributed by atoms with Gasteiger partial charge in [0.05, 0.1) is 0 Å². The van der Waals surface area contributed by atoms with Gasteiger partial charge in [0, 0.05) is 22.7 Å². The molecule has 0 unspecified atom stereocenters. The molecule has 2 aromatic carbocycles. The minimum atomic E-state index is 0.221. The summed E-state index contributed by atoms with van der Waals surface area (Å²) in [4.78, 5) is 0. The normalized spacial score (nSPS) is 10.4. The average molecular weight is 234 g/mol. The molecule has 0 heterocycles. The lowest BCUT2D eigenvalue weighted by Gasteiger charge is -2.07. The molecule has 0 aliphatic heterocycles. The van der Waals surface area contributed by atoms with Gasteiger partial charge in [0.2, 0.25) is 0 Å². The Morgan fingerprint density at radius 2 is 1.88 bits per heavy atom. The first-order chi connectivity index (χ1) is 7.72. The molecule has 0 aliphatic rings. The third kappa shape index (κ3) is 2.03. The largest absolute Gasteiger partial charge is 0.508 e. The summed E-state index contributed by atoms with van der Waals surface area (Å²) in [6, 6.07) is 12.9. The van der Waals surface area contributed by atoms with E-state index in [1.54, 1.807) is 6.07 Å². The number of phenols is 1. The first kappa shape index (κ1) is 11.0. The lowest BCUT2D eigenvalue weighted by atomic mass is 10.0. The highest BCUT2D eigenvalue weighted by Crippen LogP contribution is 2.30. The second-order valence-corrected chi connectivity index (χ2v) is 3.93. The van der Waals surface area contributed by atoms with Crippen LogP contribution >= 0.6 is 11.6 Å². The van der Waals surface area contributed by atoms with E-state index >= 15 is 0 Å². The Morgan fingerprint density at radius 3 is 2.56 bits per heavy atom. The molecule has 0 aliphatic carbocycles. The van der Waals surface area contributed by atoms with E-state index in [0.717, 1.165) is 16.7 Å². The molecule has 3 heteroatoms. The predicted octanol–water partition coefficient (Wildman–Crippen LogP) is 3.17. The van der Waals surface area contributed by atoms with Crippen LogP contribution in [0.5, 0.6) is 5.75 Å². The van der Waals surface area contributed by atoms with Crippen LogP contribution in [0.15, 0.2) is 42.5 Å². The van der Waals surface area contributed by atoms with E-state index in [0.29, 0.717) is 11.6 Å². The minimum Gasteiger partial charge on any atom is -0.508 e. The van der Waals surface area contributed by atoms with Gasteiger partial charge in [-0.15, -0.1) is 0 Å². The molecule has 2 nitrogen and oxygen atoms in total. The number of rotatable bonds is 2. The zero-order valence-electron chi connectivity index (χ0n) is 8.65. The highest BCUT2D eigenvalue weighted by Gasteiger charge is 2.05. The van der Waals surface area contributed by atoms with Gasteiger partial charge in [0.1, 0.15) is 5.75 Å². The maximum absolute atomic E-state index is 9.54. The Balaban J connectivity index is 2.53. The van der Waals surface area contributed by atoms with Crippen LogP contribution < -0.4 is 5.73 Å². The molecule has 82 valence electrons. The lowest BCUT2D eigenvalue weighted by Crippen LogP contribution is -1.96. The van der Waals surface area contributed by atoms with Gasteiger partial charge in [-0.1, -0.05) is 35.9 Å². The van der Waals surface area contributed by atoms with Gasteiger partial charge in [-0.05, 0) is 23.8 Å². The molecule has 0 saturated carbocycles. The number of hydrogen-bond acceptors (Lipinski definition) is 2. The Morgan fingerprint density at radius 1 is 1.12 bits per heavy atom. The van der Waals surface area contributed by atoms with E-state index in [4.69, 9.17) is 17.3 Å². The molecule has 0 amide bonds. The number of nitrogens with two attached hydrogens (primary N) is 1. The fourth-order valence-corrected chi connectivity index (χ4v) is 1.86. The molecular formula is C13H12ClNO. The van der Waals surface area contributed by atoms with Crippen molar-refractivity contribution in [1.29, 1.82) is 0 Å². The third-order valence-corrected chi connectivity index (χ3v) is 2.81. The quantitative estimate of drug-likeness (QED) is 0.837. The summed E-state index contributed by atoms with van der Waals surface area (Å²) in [5, 5.41) is 10.2. The monoisotopic (exact) mass is 233 g/mol. The molecular weight excluding hydrogens is 222 g/mol. The Kier molecular flexibility index (Phi) is 3.13. The predicted molar refractivity (Wildman–Crippen MR) is 66.4 cm³/mol. The molecule has 0 bridgehead atoms. The molecule has 2 rings (SSSR count). The van der Waals surface area contributed by atoms with Crippen molar-refractivity contribution in [3.63, 3.8) is 0 Å². The summed E-state index contributed by atoms with van der Waals surface area (Å²) in [5.41, 5.74) is 8.17. The smallest absolute Gasteiger partial charge is 0.120 e. The van der Waals surface area contributed by atoms with Crippen LogP contribution in [0.4, 0.5) is 0 Å². The van der Waals surface area contributed by atoms with Crippen molar-refractivity contribution in [3.8, 4) is 16.9 Å². The number of halogens is 1. The topological polar surface area (TPSA) is 46.2 Å². The second kappa shape index (κ2) is 4.56. The molecule has 16 heavy (non-hydrogen) atoms. The van der Waals surface area contributed by atoms with Crippen molar-refractivity contribution in [3.05, 3.63) is 53.1 Å². The summed E-state index contributed by atoms with van der Waals surface area (Å²) >= 11 is 6.10. The molecule has 0 spiro atoms. The average Bonchev–Trinajstić information content (AvgIpc) is 2.31. The number of hydrogen-bond donors (Lipinski definition) is 2. The van der Waals surface area contributed by atoms with Crippen molar-refractivity contribution in [2.24, 2.45) is 5.73 Å². The molecule has 0 radical (unpaired) electrons. The van der Waals surface area contributed by atoms with Crippen LogP contribution in [-0.4, -0.2) is 5.11 Å². The minimum absolute atomic E-state index is 0.221. The Labute approximate surface area is 99.3 Å². The third-order valence-electron chi connectivity index (χ3n) is 2.48. The van der Waals surface area contributed by atoms with Gasteiger partial charge >= 0.3 is 0 Å². The first-order valence-corrected chi connectivity index (χ1v) is 5.37. The highest BCUT2D eigenvalue weighted by molar-refractivity contribution is 6.33. The summed E-state index contributed by atoms with van der Waals surface area (Å²) in [6.07, 6.45) is 0. The van der Waals surface area contributed by atoms with Crippen LogP contribution in [0.1, 0.15) is 5.56 Å². The van der Waals surface area contributed by atoms with E-state index in [1.165, 1.54) is 0 Å². The van der Waals surface area contributed by atoms with Crippen LogP contribution in [0, 0.1) is 0 Å². The SMILES string of the molecule is NCc1cc(-c2ccccc2Cl)ccc1O. The van der Waals surface area contributed by atoms with Crippen molar-refractivity contribution in [2.45, 2.75) is 6.54 Å². The molecule has 3 N–H and O–H groups in total. The van der Waals surface area contributed by atoms with E-state index in [9.17, 15) is 5.11 Å². The maximum Gasteiger partial charge on any atom is 0.120 e. The molecule has 0 saturated heterocycles. The zero-order chi connectivity index (χ0) is 11.5. The van der Waals surface area contributed by atoms with Crippen molar-refractivity contribution in [1.82, 2.24) is 0 Å². The van der Waals surface area contributed by atoms with Gasteiger partial charge in [-0.2, -0.15) is 0 Å². The zero-order valence-corrected chi connectivity index (χ0v) is 9.41. The molecule has 2 aromatic rings. The van der Waals surface area contributed by atoms with E-state index in [2.05, 4.69) is 0 Å². The molecule has 0 aromatic heterocycles. The maximum atomic E-state index is 9.54. The first-order valence-electron chi connectivity index (χ1n) is 4.99. The van der Waals surface area contributed by atoms with Crippen molar-refractivity contribution >= 4 is 11.6 Å². The van der Waals surface area contributed by atoms with Crippen molar-refractivity contribution < 1.29 is 5.11 Å². The summed E-state index contributed by atoms with van der Waals surface area (Å²) in [6.45, 7) is 0.310. The van der Waals surface area contributed by atoms with Gasteiger partial charge in [-0.3, -0.25) is 0 Å². The van der Waals surface area contributed by atoms with Gasteiger partial charge in [0.15, 0.2) is 0 Å². The summed E-state index contributed by atoms with van der Waals surface area (Å²) < 4.78 is 0. The van der Waals surface area contributed by atoms with Crippen LogP contribution in [0.2, 0.25) is 5.02 Å². The lowest BCUT2D eigenvalue weighted by molar-refractivity contribution is 0.468. The number of benzene rings is 2. The fourth-order valence-electron chi connectivity index (χ4n) is 1.61. The van der Waals surface area contributed by atoms with E-state index in [1.807, 2.05) is 36.4 Å². The van der Waals surface area contributed by atoms with Crippen LogP contribution in [-0.2, 0) is 6.54 Å². The van der Waals surface area contributed by atoms with Crippen molar-refractivity contribution in [2.75, 3.05) is 0 Å². The van der Waals surface area contributed by atoms with Gasteiger partial charge in [0.25, 0.3) is 0 Å². The summed E-state index contributed by atoms with van der Waals surface area (Å²) in [7, 11) is 0. The van der Waals surface area contributed by atoms with E-state index in [-0.39, 0.29) is 5.75 Å². The van der Waals surface area contributed by atoms with Gasteiger partial charge < -0.3 is 10.8 Å². The number of aromatic hydroxyl groups is 1. The Bertz CT molecular complexity index is 511. The standard InChI is InChI=1S/C13H12ClNO/c14-12-4-2-1-3-11(12)9-5-6-13(16)10(7-9)8-15/h1-7,16H,8,15H2.